The Labute approximate surface area is 222 Å². The van der Waals surface area contributed by atoms with Crippen LogP contribution in [0, 0.1) is 20.2 Å². The van der Waals surface area contributed by atoms with E-state index in [1.807, 2.05) is 11.0 Å². The van der Waals surface area contributed by atoms with E-state index in [1.54, 1.807) is 42.5 Å². The fourth-order valence-corrected chi connectivity index (χ4v) is 4.02. The lowest BCUT2D eigenvalue weighted by Crippen LogP contribution is -2.41. The maximum Gasteiger partial charge on any atom is 0.301 e. The van der Waals surface area contributed by atoms with Gasteiger partial charge in [-0.2, -0.15) is 5.10 Å². The molecule has 0 unspecified atom stereocenters. The number of ether oxygens (including phenoxy) is 1. The van der Waals surface area contributed by atoms with Crippen LogP contribution < -0.4 is 10.7 Å². The summed E-state index contributed by atoms with van der Waals surface area (Å²) in [6.07, 6.45) is 0. The SMILES string of the molecule is O=C(CN1CCOCC1)Nc1ccc(Cl)cc1/C(=N/Nc1ccc([N+](=O)[O-])cc1[N+](=O)[O-])c1ccccc1. The van der Waals surface area contributed by atoms with Gasteiger partial charge in [0.15, 0.2) is 0 Å². The Balaban J connectivity index is 1.71. The van der Waals surface area contributed by atoms with Crippen LogP contribution in [0.2, 0.25) is 5.02 Å². The summed E-state index contributed by atoms with van der Waals surface area (Å²) in [5.41, 5.74) is 3.57. The molecule has 0 radical (unpaired) electrons. The average molecular weight is 539 g/mol. The van der Waals surface area contributed by atoms with E-state index in [1.165, 1.54) is 6.07 Å². The van der Waals surface area contributed by atoms with Gasteiger partial charge in [-0.25, -0.2) is 0 Å². The van der Waals surface area contributed by atoms with E-state index in [4.69, 9.17) is 16.3 Å². The molecule has 4 rings (SSSR count). The Bertz CT molecular complexity index is 1380. The number of halogens is 1. The smallest absolute Gasteiger partial charge is 0.301 e. The second kappa shape index (κ2) is 12.2. The van der Waals surface area contributed by atoms with Gasteiger partial charge >= 0.3 is 5.69 Å². The van der Waals surface area contributed by atoms with Crippen molar-refractivity contribution >= 4 is 46.0 Å². The van der Waals surface area contributed by atoms with Crippen molar-refractivity contribution in [3.63, 3.8) is 0 Å². The highest BCUT2D eigenvalue weighted by molar-refractivity contribution is 6.31. The van der Waals surface area contributed by atoms with E-state index < -0.39 is 21.2 Å². The largest absolute Gasteiger partial charge is 0.379 e. The summed E-state index contributed by atoms with van der Waals surface area (Å²) in [5.74, 6) is -0.234. The van der Waals surface area contributed by atoms with Crippen molar-refractivity contribution < 1.29 is 19.4 Å². The molecule has 0 atom stereocenters. The Morgan fingerprint density at radius 1 is 0.974 bits per heavy atom. The Kier molecular flexibility index (Phi) is 8.58. The number of carbonyl (C=O) groups excluding carboxylic acids is 1. The quantitative estimate of drug-likeness (QED) is 0.232. The lowest BCUT2D eigenvalue weighted by atomic mass is 10.0. The van der Waals surface area contributed by atoms with Crippen molar-refractivity contribution in [1.29, 1.82) is 0 Å². The Hall–Kier alpha value is -4.39. The first-order valence-corrected chi connectivity index (χ1v) is 11.9. The maximum atomic E-state index is 12.9. The number of rotatable bonds is 9. The normalized spacial score (nSPS) is 14.1. The molecular formula is C25H23ClN6O6. The number of carbonyl (C=O) groups is 1. The minimum absolute atomic E-state index is 0.0473. The van der Waals surface area contributed by atoms with Crippen LogP contribution in [0.1, 0.15) is 11.1 Å². The van der Waals surface area contributed by atoms with E-state index in [2.05, 4.69) is 15.8 Å². The lowest BCUT2D eigenvalue weighted by Gasteiger charge is -2.26. The highest BCUT2D eigenvalue weighted by Crippen LogP contribution is 2.30. The zero-order valence-electron chi connectivity index (χ0n) is 20.0. The molecule has 0 aliphatic carbocycles. The van der Waals surface area contributed by atoms with E-state index in [0.29, 0.717) is 53.9 Å². The molecule has 1 heterocycles. The highest BCUT2D eigenvalue weighted by atomic mass is 35.5. The molecule has 196 valence electrons. The van der Waals surface area contributed by atoms with Crippen LogP contribution in [0.4, 0.5) is 22.7 Å². The molecule has 1 amide bonds. The molecule has 0 spiro atoms. The predicted molar refractivity (Wildman–Crippen MR) is 143 cm³/mol. The van der Waals surface area contributed by atoms with Gasteiger partial charge in [-0.05, 0) is 24.3 Å². The number of morpholine rings is 1. The first-order chi connectivity index (χ1) is 18.3. The summed E-state index contributed by atoms with van der Waals surface area (Å²) < 4.78 is 5.33. The number of hydrogen-bond acceptors (Lipinski definition) is 9. The van der Waals surface area contributed by atoms with E-state index in [-0.39, 0.29) is 18.1 Å². The number of nitro benzene ring substituents is 2. The number of benzene rings is 3. The van der Waals surface area contributed by atoms with Gasteiger partial charge in [-0.15, -0.1) is 0 Å². The van der Waals surface area contributed by atoms with E-state index in [9.17, 15) is 25.0 Å². The first-order valence-electron chi connectivity index (χ1n) is 11.5. The second-order valence-corrected chi connectivity index (χ2v) is 8.72. The van der Waals surface area contributed by atoms with Crippen LogP contribution in [0.3, 0.4) is 0 Å². The molecule has 1 aliphatic heterocycles. The van der Waals surface area contributed by atoms with Gasteiger partial charge in [0.05, 0.1) is 47.1 Å². The van der Waals surface area contributed by atoms with Crippen LogP contribution in [0.15, 0.2) is 71.8 Å². The number of non-ortho nitro benzene ring substituents is 1. The van der Waals surface area contributed by atoms with Crippen molar-refractivity contribution in [1.82, 2.24) is 4.90 Å². The van der Waals surface area contributed by atoms with Crippen molar-refractivity contribution in [2.45, 2.75) is 0 Å². The van der Waals surface area contributed by atoms with Crippen molar-refractivity contribution in [2.75, 3.05) is 43.6 Å². The van der Waals surface area contributed by atoms with Gasteiger partial charge in [0, 0.05) is 35.3 Å². The van der Waals surface area contributed by atoms with Gasteiger partial charge in [0.1, 0.15) is 5.69 Å². The lowest BCUT2D eigenvalue weighted by molar-refractivity contribution is -0.393. The maximum absolute atomic E-state index is 12.9. The van der Waals surface area contributed by atoms with Crippen molar-refractivity contribution in [3.8, 4) is 0 Å². The zero-order chi connectivity index (χ0) is 27.1. The minimum atomic E-state index is -0.732. The molecule has 0 saturated carbocycles. The number of nitrogens with one attached hydrogen (secondary N) is 2. The number of hydrogen-bond donors (Lipinski definition) is 2. The number of hydrazone groups is 1. The van der Waals surface area contributed by atoms with Crippen molar-refractivity contribution in [2.24, 2.45) is 5.10 Å². The van der Waals surface area contributed by atoms with Crippen molar-refractivity contribution in [3.05, 3.63) is 103 Å². The average Bonchev–Trinajstić information content (AvgIpc) is 2.91. The third-order valence-electron chi connectivity index (χ3n) is 5.71. The van der Waals surface area contributed by atoms with Crippen LogP contribution in [0.5, 0.6) is 0 Å². The topological polar surface area (TPSA) is 152 Å². The monoisotopic (exact) mass is 538 g/mol. The van der Waals surface area contributed by atoms with Gasteiger partial charge < -0.3 is 10.1 Å². The number of nitro groups is 2. The van der Waals surface area contributed by atoms with Gasteiger partial charge in [0.25, 0.3) is 5.69 Å². The third-order valence-corrected chi connectivity index (χ3v) is 5.94. The molecule has 1 saturated heterocycles. The van der Waals surface area contributed by atoms with Crippen LogP contribution in [-0.4, -0.2) is 59.2 Å². The molecule has 0 bridgehead atoms. The van der Waals surface area contributed by atoms with E-state index >= 15 is 0 Å². The summed E-state index contributed by atoms with van der Waals surface area (Å²) in [7, 11) is 0. The number of amides is 1. The summed E-state index contributed by atoms with van der Waals surface area (Å²) in [6, 6.07) is 17.1. The number of nitrogens with zero attached hydrogens (tertiary/aromatic N) is 4. The third kappa shape index (κ3) is 6.68. The zero-order valence-corrected chi connectivity index (χ0v) is 20.8. The fourth-order valence-electron chi connectivity index (χ4n) is 3.85. The first kappa shape index (κ1) is 26.7. The molecule has 12 nitrogen and oxygen atoms in total. The molecule has 1 aliphatic rings. The number of anilines is 2. The van der Waals surface area contributed by atoms with Crippen LogP contribution in [0.25, 0.3) is 0 Å². The van der Waals surface area contributed by atoms with Gasteiger partial charge in [-0.1, -0.05) is 41.9 Å². The summed E-state index contributed by atoms with van der Waals surface area (Å²) in [4.78, 5) is 36.1. The molecule has 1 fully saturated rings. The van der Waals surface area contributed by atoms with Gasteiger partial charge in [-0.3, -0.25) is 35.3 Å². The fraction of sp³-hybridized carbons (Fsp3) is 0.200. The summed E-state index contributed by atoms with van der Waals surface area (Å²) in [6.45, 7) is 2.59. The molecule has 38 heavy (non-hydrogen) atoms. The molecule has 0 aromatic heterocycles. The summed E-state index contributed by atoms with van der Waals surface area (Å²) in [5, 5.41) is 30.4. The molecule has 3 aromatic carbocycles. The second-order valence-electron chi connectivity index (χ2n) is 8.28. The van der Waals surface area contributed by atoms with E-state index in [0.717, 1.165) is 12.1 Å². The summed E-state index contributed by atoms with van der Waals surface area (Å²) >= 11 is 6.31. The molecule has 3 aromatic rings. The Morgan fingerprint density at radius 3 is 2.37 bits per heavy atom. The highest BCUT2D eigenvalue weighted by Gasteiger charge is 2.21. The minimum Gasteiger partial charge on any atom is -0.379 e. The molecule has 2 N–H and O–H groups in total. The standard InChI is InChI=1S/C25H23ClN6O6/c26-18-6-8-21(27-24(33)16-30-10-12-38-13-11-30)20(14-18)25(17-4-2-1-3-5-17)29-28-22-9-7-19(31(34)35)15-23(22)32(36)37/h1-9,14-15,28H,10-13,16H2,(H,27,33)/b29-25+. The van der Waals surface area contributed by atoms with Crippen LogP contribution >= 0.6 is 11.6 Å². The predicted octanol–water partition coefficient (Wildman–Crippen LogP) is 4.29. The Morgan fingerprint density at radius 2 is 1.68 bits per heavy atom. The molecule has 13 heteroatoms. The van der Waals surface area contributed by atoms with Crippen LogP contribution in [-0.2, 0) is 9.53 Å². The van der Waals surface area contributed by atoms with Gasteiger partial charge in [0.2, 0.25) is 5.91 Å². The molecular weight excluding hydrogens is 516 g/mol.